The average molecular weight is 601 g/mol. The monoisotopic (exact) mass is 600 g/mol. The van der Waals surface area contributed by atoms with E-state index < -0.39 is 246 Å². The highest BCUT2D eigenvalue weighted by atomic mass is 15.0. The molecule has 0 radical (unpaired) electrons. The van der Waals surface area contributed by atoms with Crippen LogP contribution < -0.4 is 0 Å². The number of aromatic nitrogens is 3. The summed E-state index contributed by atoms with van der Waals surface area (Å²) in [6, 6.07) is -24.5. The first-order valence-corrected chi connectivity index (χ1v) is 13.3. The van der Waals surface area contributed by atoms with Gasteiger partial charge in [0.2, 0.25) is 0 Å². The first-order chi connectivity index (χ1) is 33.6. The van der Waals surface area contributed by atoms with Gasteiger partial charge in [0.25, 0.3) is 0 Å². The Hall–Kier alpha value is -6.06. The van der Waals surface area contributed by atoms with Crippen molar-refractivity contribution in [2.75, 3.05) is 0 Å². The van der Waals surface area contributed by atoms with Crippen molar-refractivity contribution in [1.82, 2.24) is 13.7 Å². The Morgan fingerprint density at radius 1 is 0.311 bits per heavy atom. The SMILES string of the molecule is [2H]c1c([2H])c([2H])c(-n2c3c([2H])c([2H])c([2H])c([2H])c3c3c([2H])c([2H])c(-n4c5c([2H])c([2H])c([2H])c([2H])c5c5c(-n6c7c([2H])c([2H])c([2H])c([2H])c7c7c([2H])c([2H])c([2H])c([2H])c76)c([2H])c([2H])c([2H])c54)c([2H])c32)c([2H])c1[2H]. The molecule has 0 spiro atoms. The molecule has 10 aromatic rings. The molecule has 10 rings (SSSR count). The largest absolute Gasteiger partial charge is 0.309 e. The van der Waals surface area contributed by atoms with Crippen LogP contribution >= 0.6 is 0 Å². The highest BCUT2D eigenvalue weighted by molar-refractivity contribution is 6.17. The first kappa shape index (κ1) is 9.98. The predicted octanol–water partition coefficient (Wildman–Crippen LogP) is 11.0. The lowest BCUT2D eigenvalue weighted by Gasteiger charge is -2.12. The summed E-state index contributed by atoms with van der Waals surface area (Å²) >= 11 is 0. The second-order valence-electron chi connectivity index (χ2n) is 9.77. The molecular weight excluding hydrogens is 546 g/mol. The van der Waals surface area contributed by atoms with Gasteiger partial charge in [-0.1, -0.05) is 103 Å². The van der Waals surface area contributed by atoms with E-state index in [2.05, 4.69) is 0 Å². The Morgan fingerprint density at radius 3 is 1.42 bits per heavy atom. The molecule has 0 aliphatic carbocycles. The Morgan fingerprint density at radius 2 is 0.778 bits per heavy atom. The molecule has 0 saturated carbocycles. The van der Waals surface area contributed by atoms with Crippen molar-refractivity contribution in [3.05, 3.63) is 163 Å². The topological polar surface area (TPSA) is 14.8 Å². The van der Waals surface area contributed by atoms with Crippen LogP contribution in [0, 0.1) is 0 Å². The maximum absolute atomic E-state index is 10.0. The number of fused-ring (bicyclic) bond motifs is 9. The summed E-state index contributed by atoms with van der Waals surface area (Å²) in [7, 11) is 0. The fourth-order valence-electron chi connectivity index (χ4n) is 5.79. The minimum Gasteiger partial charge on any atom is -0.309 e. The van der Waals surface area contributed by atoms with Gasteiger partial charge >= 0.3 is 0 Å². The minimum atomic E-state index is -1.03. The molecule has 0 atom stereocenters. The zero-order valence-corrected chi connectivity index (χ0v) is 22.3. The van der Waals surface area contributed by atoms with Crippen molar-refractivity contribution in [3.63, 3.8) is 0 Å². The summed E-state index contributed by atoms with van der Waals surface area (Å²) in [5.74, 6) is 0. The van der Waals surface area contributed by atoms with Crippen LogP contribution in [-0.2, 0) is 0 Å². The number of hydrogen-bond donors (Lipinski definition) is 0. The zero-order chi connectivity index (χ0) is 53.0. The van der Waals surface area contributed by atoms with Crippen molar-refractivity contribution in [3.8, 4) is 17.1 Å². The molecule has 3 heteroatoms. The zero-order valence-electron chi connectivity index (χ0n) is 49.3. The molecule has 0 unspecified atom stereocenters. The minimum absolute atomic E-state index is 0.483. The molecule has 7 aromatic carbocycles. The van der Waals surface area contributed by atoms with E-state index >= 15 is 0 Å². The molecule has 0 amide bonds. The van der Waals surface area contributed by atoms with Crippen molar-refractivity contribution in [2.24, 2.45) is 0 Å². The van der Waals surface area contributed by atoms with Gasteiger partial charge in [0, 0.05) is 43.7 Å². The number of rotatable bonds is 3. The highest BCUT2D eigenvalue weighted by Crippen LogP contribution is 2.41. The second-order valence-corrected chi connectivity index (χ2v) is 9.77. The summed E-state index contributed by atoms with van der Waals surface area (Å²) in [6.45, 7) is 0. The van der Waals surface area contributed by atoms with Crippen LogP contribution in [0.15, 0.2) is 163 Å². The quantitative estimate of drug-likeness (QED) is 0.192. The van der Waals surface area contributed by atoms with Gasteiger partial charge in [-0.05, 0) is 60.4 Å². The molecule has 0 N–H and O–H groups in total. The van der Waals surface area contributed by atoms with E-state index in [1.807, 2.05) is 0 Å². The summed E-state index contributed by atoms with van der Waals surface area (Å²) < 4.78 is 245. The third-order valence-corrected chi connectivity index (χ3v) is 7.54. The second kappa shape index (κ2) is 9.22. The smallest absolute Gasteiger partial charge is 0.0667 e. The van der Waals surface area contributed by atoms with Crippen LogP contribution in [0.2, 0.25) is 0 Å². The maximum atomic E-state index is 10.0. The molecule has 0 aliphatic rings. The summed E-state index contributed by atoms with van der Waals surface area (Å²) in [5.41, 5.74) is -6.25. The van der Waals surface area contributed by atoms with E-state index in [4.69, 9.17) is 26.0 Å². The third-order valence-electron chi connectivity index (χ3n) is 7.54. The molecule has 0 bridgehead atoms. The normalized spacial score (nSPS) is 20.4. The van der Waals surface area contributed by atoms with Crippen molar-refractivity contribution >= 4 is 65.4 Å². The standard InChI is InChI=1S/C42H27N3/c1-2-13-28(14-3-1)43-35-19-8-4-17-32(35)33-26-25-29(27-41(33)43)44-38-22-11-7-18-34(38)42-39(44)23-12-24-40(42)45-36-20-9-5-15-30(36)31-16-6-10-21-37(31)45/h1-27H/i1D,2D,3D,4D,5D,6D,7D,8D,9D,10D,11D,12D,13D,14D,15D,16D,17D,18D,19D,20D,21D,22D,23D,24D,25D,26D,27D. The molecule has 210 valence electrons. The lowest BCUT2D eigenvalue weighted by atomic mass is 10.1. The van der Waals surface area contributed by atoms with Gasteiger partial charge in [0.05, 0.1) is 75.8 Å². The predicted molar refractivity (Wildman–Crippen MR) is 189 cm³/mol. The van der Waals surface area contributed by atoms with E-state index in [0.717, 1.165) is 13.7 Å². The van der Waals surface area contributed by atoms with E-state index in [9.17, 15) is 11.0 Å². The molecule has 3 aromatic heterocycles. The number of hydrogen-bond acceptors (Lipinski definition) is 0. The van der Waals surface area contributed by atoms with Crippen molar-refractivity contribution < 1.29 is 37.0 Å². The van der Waals surface area contributed by atoms with E-state index in [1.165, 1.54) is 0 Å². The summed E-state index contributed by atoms with van der Waals surface area (Å²) in [6.07, 6.45) is 0. The Labute approximate surface area is 297 Å². The van der Waals surface area contributed by atoms with Gasteiger partial charge in [-0.25, -0.2) is 0 Å². The fraction of sp³-hybridized carbons (Fsp3) is 0. The third kappa shape index (κ3) is 3.35. The van der Waals surface area contributed by atoms with Gasteiger partial charge in [-0.15, -0.1) is 0 Å². The van der Waals surface area contributed by atoms with Gasteiger partial charge in [-0.3, -0.25) is 0 Å². The van der Waals surface area contributed by atoms with Gasteiger partial charge in [0.15, 0.2) is 0 Å². The van der Waals surface area contributed by atoms with E-state index in [0.29, 0.717) is 0 Å². The molecule has 0 saturated heterocycles. The van der Waals surface area contributed by atoms with Crippen LogP contribution in [-0.4, -0.2) is 13.7 Å². The van der Waals surface area contributed by atoms with Crippen molar-refractivity contribution in [2.45, 2.75) is 0 Å². The number of para-hydroxylation sites is 5. The maximum Gasteiger partial charge on any atom is 0.0667 e. The Bertz CT molecular complexity index is 4190. The number of nitrogens with zero attached hydrogens (tertiary/aromatic N) is 3. The van der Waals surface area contributed by atoms with E-state index in [-0.39, 0.29) is 0 Å². The molecule has 3 nitrogen and oxygen atoms in total. The Balaban J connectivity index is 1.56. The van der Waals surface area contributed by atoms with Gasteiger partial charge in [0.1, 0.15) is 0 Å². The lowest BCUT2D eigenvalue weighted by molar-refractivity contribution is 1.15. The van der Waals surface area contributed by atoms with Crippen LogP contribution in [0.25, 0.3) is 82.5 Å². The molecule has 45 heavy (non-hydrogen) atoms. The Kier molecular flexibility index (Phi) is 2.04. The summed E-state index contributed by atoms with van der Waals surface area (Å²) in [5, 5.41) is -3.30. The summed E-state index contributed by atoms with van der Waals surface area (Å²) in [4.78, 5) is 0. The van der Waals surface area contributed by atoms with Crippen LogP contribution in [0.1, 0.15) is 37.0 Å². The first-order valence-electron chi connectivity index (χ1n) is 26.8. The lowest BCUT2D eigenvalue weighted by Crippen LogP contribution is -1.98. The molecular formula is C42H27N3. The van der Waals surface area contributed by atoms with Gasteiger partial charge < -0.3 is 13.7 Å². The molecule has 0 fully saturated rings. The fourth-order valence-corrected chi connectivity index (χ4v) is 5.79. The molecule has 0 aliphatic heterocycles. The molecule has 3 heterocycles. The highest BCUT2D eigenvalue weighted by Gasteiger charge is 2.20. The number of benzene rings is 7. The van der Waals surface area contributed by atoms with Crippen molar-refractivity contribution in [1.29, 1.82) is 0 Å². The van der Waals surface area contributed by atoms with Crippen LogP contribution in [0.4, 0.5) is 0 Å². The van der Waals surface area contributed by atoms with Gasteiger partial charge in [-0.2, -0.15) is 0 Å². The average Bonchev–Trinajstić information content (AvgIpc) is 4.01. The van der Waals surface area contributed by atoms with Crippen LogP contribution in [0.5, 0.6) is 0 Å². The van der Waals surface area contributed by atoms with E-state index in [1.54, 1.807) is 0 Å². The van der Waals surface area contributed by atoms with Crippen LogP contribution in [0.3, 0.4) is 0 Å².